The van der Waals surface area contributed by atoms with E-state index in [1.165, 1.54) is 19.2 Å². The van der Waals surface area contributed by atoms with Gasteiger partial charge in [-0.2, -0.15) is 9.78 Å². The molecule has 8 nitrogen and oxygen atoms in total. The highest BCUT2D eigenvalue weighted by atomic mass is 19.1. The van der Waals surface area contributed by atoms with Crippen LogP contribution in [0.2, 0.25) is 0 Å². The second-order valence-corrected chi connectivity index (χ2v) is 8.80. The number of hydrogen-bond acceptors (Lipinski definition) is 5. The Morgan fingerprint density at radius 2 is 1.71 bits per heavy atom. The van der Waals surface area contributed by atoms with E-state index in [2.05, 4.69) is 15.3 Å². The highest BCUT2D eigenvalue weighted by Crippen LogP contribution is 2.18. The Balaban J connectivity index is 1.38. The summed E-state index contributed by atoms with van der Waals surface area (Å²) >= 11 is 0. The van der Waals surface area contributed by atoms with Crippen LogP contribution in [0.3, 0.4) is 0 Å². The number of likely N-dealkylation sites (tertiary alicyclic amines) is 1. The predicted octanol–water partition coefficient (Wildman–Crippen LogP) is 2.02. The molecule has 1 aromatic heterocycles. The lowest BCUT2D eigenvalue weighted by Crippen LogP contribution is -2.45. The van der Waals surface area contributed by atoms with E-state index in [1.54, 1.807) is 24.3 Å². The van der Waals surface area contributed by atoms with E-state index in [0.29, 0.717) is 12.2 Å². The summed E-state index contributed by atoms with van der Waals surface area (Å²) in [6.07, 6.45) is 1.80. The maximum atomic E-state index is 13.1. The van der Waals surface area contributed by atoms with Gasteiger partial charge in [0.15, 0.2) is 0 Å². The molecule has 1 N–H and O–H groups in total. The molecule has 4 rings (SSSR count). The first-order chi connectivity index (χ1) is 16.3. The third-order valence-electron chi connectivity index (χ3n) is 6.25. The number of piperidine rings is 1. The molecule has 178 valence electrons. The minimum atomic E-state index is -0.722. The normalized spacial score (nSPS) is 14.8. The first kappa shape index (κ1) is 23.6. The van der Waals surface area contributed by atoms with E-state index in [0.717, 1.165) is 52.9 Å². The van der Waals surface area contributed by atoms with Gasteiger partial charge in [0.25, 0.3) is 11.5 Å². The van der Waals surface area contributed by atoms with Gasteiger partial charge in [0.1, 0.15) is 5.82 Å². The molecule has 2 aromatic carbocycles. The fourth-order valence-corrected chi connectivity index (χ4v) is 4.09. The van der Waals surface area contributed by atoms with Gasteiger partial charge in [0, 0.05) is 20.1 Å². The molecule has 0 spiro atoms. The van der Waals surface area contributed by atoms with Gasteiger partial charge in [-0.3, -0.25) is 19.1 Å². The van der Waals surface area contributed by atoms with E-state index in [9.17, 15) is 18.8 Å². The van der Waals surface area contributed by atoms with Crippen molar-refractivity contribution < 1.29 is 9.18 Å². The van der Waals surface area contributed by atoms with Crippen LogP contribution in [0.15, 0.2) is 58.1 Å². The van der Waals surface area contributed by atoms with Crippen LogP contribution in [0, 0.1) is 18.7 Å². The largest absolute Gasteiger partial charge is 0.351 e. The fraction of sp³-hybridized carbons (Fsp3) is 0.360. The molecule has 0 unspecified atom stereocenters. The number of halogens is 1. The summed E-state index contributed by atoms with van der Waals surface area (Å²) in [5.74, 6) is -0.549. The van der Waals surface area contributed by atoms with Crippen molar-refractivity contribution in [2.45, 2.75) is 26.3 Å². The lowest BCUT2D eigenvalue weighted by molar-refractivity contribution is 0.0925. The number of nitrogens with one attached hydrogen (secondary N) is 1. The van der Waals surface area contributed by atoms with E-state index < -0.39 is 17.2 Å². The molecule has 0 aliphatic carbocycles. The van der Waals surface area contributed by atoms with Crippen molar-refractivity contribution in [1.29, 1.82) is 0 Å². The van der Waals surface area contributed by atoms with Gasteiger partial charge in [-0.25, -0.2) is 9.18 Å². The van der Waals surface area contributed by atoms with E-state index in [1.807, 2.05) is 19.1 Å². The number of rotatable bonds is 6. The first-order valence-electron chi connectivity index (χ1n) is 11.3. The number of carbonyl (C=O) groups excluding carboxylic acids is 1. The molecule has 9 heteroatoms. The zero-order chi connectivity index (χ0) is 24.2. The molecule has 1 fully saturated rings. The molecule has 0 bridgehead atoms. The van der Waals surface area contributed by atoms with Crippen LogP contribution in [0.5, 0.6) is 0 Å². The van der Waals surface area contributed by atoms with Gasteiger partial charge < -0.3 is 5.32 Å². The van der Waals surface area contributed by atoms with E-state index in [4.69, 9.17) is 0 Å². The van der Waals surface area contributed by atoms with Gasteiger partial charge >= 0.3 is 5.69 Å². The molecule has 3 aromatic rings. The summed E-state index contributed by atoms with van der Waals surface area (Å²) in [7, 11) is 1.34. The quantitative estimate of drug-likeness (QED) is 0.602. The maximum Gasteiger partial charge on any atom is 0.351 e. The van der Waals surface area contributed by atoms with Gasteiger partial charge in [0.05, 0.1) is 5.69 Å². The van der Waals surface area contributed by atoms with Crippen LogP contribution >= 0.6 is 0 Å². The second kappa shape index (κ2) is 10.1. The number of carbonyl (C=O) groups is 1. The fourth-order valence-electron chi connectivity index (χ4n) is 4.09. The zero-order valence-electron chi connectivity index (χ0n) is 19.3. The molecule has 1 saturated heterocycles. The minimum Gasteiger partial charge on any atom is -0.350 e. The smallest absolute Gasteiger partial charge is 0.350 e. The minimum absolute atomic E-state index is 0.239. The van der Waals surface area contributed by atoms with Crippen molar-refractivity contribution in [2.24, 2.45) is 13.0 Å². The van der Waals surface area contributed by atoms with Crippen LogP contribution in [0.25, 0.3) is 5.69 Å². The average Bonchev–Trinajstić information content (AvgIpc) is 2.84. The average molecular weight is 466 g/mol. The predicted molar refractivity (Wildman–Crippen MR) is 127 cm³/mol. The molecular formula is C25H28FN5O3. The van der Waals surface area contributed by atoms with Crippen molar-refractivity contribution in [2.75, 3.05) is 19.6 Å². The van der Waals surface area contributed by atoms with Crippen molar-refractivity contribution in [1.82, 2.24) is 24.6 Å². The summed E-state index contributed by atoms with van der Waals surface area (Å²) < 4.78 is 15.1. The summed E-state index contributed by atoms with van der Waals surface area (Å²) in [5.41, 5.74) is 0.922. The van der Waals surface area contributed by atoms with E-state index in [-0.39, 0.29) is 17.4 Å². The topological polar surface area (TPSA) is 89.2 Å². The lowest BCUT2D eigenvalue weighted by atomic mass is 9.96. The third kappa shape index (κ3) is 5.31. The van der Waals surface area contributed by atoms with Crippen LogP contribution in [0.4, 0.5) is 4.39 Å². The molecule has 1 amide bonds. The molecule has 1 aliphatic rings. The number of hydrogen-bond donors (Lipinski definition) is 1. The molecular weight excluding hydrogens is 437 g/mol. The Morgan fingerprint density at radius 1 is 1.06 bits per heavy atom. The Labute approximate surface area is 196 Å². The second-order valence-electron chi connectivity index (χ2n) is 8.80. The lowest BCUT2D eigenvalue weighted by Gasteiger charge is -2.32. The standard InChI is InChI=1S/C25H28FN5O3/c1-17-3-9-21(10-4-17)31-25(34)29(2)24(33)22(28-31)23(32)27-15-18-11-13-30(14-12-18)16-19-5-7-20(26)8-6-19/h3-10,18H,11-16H2,1-2H3,(H,27,32). The summed E-state index contributed by atoms with van der Waals surface area (Å²) in [4.78, 5) is 40.2. The van der Waals surface area contributed by atoms with Gasteiger partial charge in [-0.1, -0.05) is 29.8 Å². The van der Waals surface area contributed by atoms with Gasteiger partial charge in [0.2, 0.25) is 5.69 Å². The Bertz CT molecular complexity index is 1270. The number of aryl methyl sites for hydroxylation is 1. The Hall–Kier alpha value is -3.59. The van der Waals surface area contributed by atoms with Crippen LogP contribution in [-0.2, 0) is 13.6 Å². The maximum absolute atomic E-state index is 13.1. The highest BCUT2D eigenvalue weighted by molar-refractivity contribution is 5.91. The molecule has 0 atom stereocenters. The van der Waals surface area contributed by atoms with Crippen molar-refractivity contribution in [3.63, 3.8) is 0 Å². The first-order valence-corrected chi connectivity index (χ1v) is 11.3. The van der Waals surface area contributed by atoms with Crippen molar-refractivity contribution >= 4 is 5.91 Å². The van der Waals surface area contributed by atoms with Crippen molar-refractivity contribution in [3.8, 4) is 5.69 Å². The zero-order valence-corrected chi connectivity index (χ0v) is 19.3. The highest BCUT2D eigenvalue weighted by Gasteiger charge is 2.22. The monoisotopic (exact) mass is 465 g/mol. The summed E-state index contributed by atoms with van der Waals surface area (Å²) in [5, 5.41) is 6.91. The molecule has 34 heavy (non-hydrogen) atoms. The molecule has 0 radical (unpaired) electrons. The van der Waals surface area contributed by atoms with Gasteiger partial charge in [-0.15, -0.1) is 0 Å². The van der Waals surface area contributed by atoms with E-state index >= 15 is 0 Å². The van der Waals surface area contributed by atoms with Crippen LogP contribution in [0.1, 0.15) is 34.5 Å². The molecule has 1 aliphatic heterocycles. The van der Waals surface area contributed by atoms with Crippen molar-refractivity contribution in [3.05, 3.63) is 92.0 Å². The number of amides is 1. The van der Waals surface area contributed by atoms with Crippen LogP contribution in [-0.4, -0.2) is 44.8 Å². The molecule has 2 heterocycles. The Morgan fingerprint density at radius 3 is 2.35 bits per heavy atom. The number of nitrogens with zero attached hydrogens (tertiary/aromatic N) is 4. The third-order valence-corrected chi connectivity index (χ3v) is 6.25. The molecule has 0 saturated carbocycles. The summed E-state index contributed by atoms with van der Waals surface area (Å²) in [6, 6.07) is 13.6. The Kier molecular flexibility index (Phi) is 7.02. The number of aromatic nitrogens is 3. The van der Waals surface area contributed by atoms with Gasteiger partial charge in [-0.05, 0) is 68.6 Å². The number of benzene rings is 2. The van der Waals surface area contributed by atoms with Crippen LogP contribution < -0.4 is 16.6 Å². The SMILES string of the molecule is Cc1ccc(-n2nc(C(=O)NCC3CCN(Cc4ccc(F)cc4)CC3)c(=O)n(C)c2=O)cc1. The summed E-state index contributed by atoms with van der Waals surface area (Å²) in [6.45, 7) is 4.86.